The highest BCUT2D eigenvalue weighted by atomic mass is 16.5. The molecule has 0 fully saturated rings. The molecule has 0 saturated carbocycles. The second-order valence-electron chi connectivity index (χ2n) is 5.98. The van der Waals surface area contributed by atoms with Crippen LogP contribution in [0.25, 0.3) is 0 Å². The molecule has 6 nitrogen and oxygen atoms in total. The van der Waals surface area contributed by atoms with Crippen LogP contribution in [0.5, 0.6) is 5.75 Å². The number of carbonyl (C=O) groups is 2. The lowest BCUT2D eigenvalue weighted by Crippen LogP contribution is -2.40. The Labute approximate surface area is 162 Å². The standard InChI is InChI=1S/C22H19N3O3/c26-16-23-21(15-17-7-3-1-4-8-17)22(27)28-20-13-11-19(12-14-20)25-24-18-9-5-2-6-10-18/h1-14,16,21H,15H2,(H,23,26). The molecule has 3 aromatic carbocycles. The van der Waals surface area contributed by atoms with Crippen molar-refractivity contribution in [1.29, 1.82) is 0 Å². The molecule has 140 valence electrons. The predicted molar refractivity (Wildman–Crippen MR) is 106 cm³/mol. The van der Waals surface area contributed by atoms with Crippen molar-refractivity contribution in [3.63, 3.8) is 0 Å². The third-order valence-electron chi connectivity index (χ3n) is 3.93. The second kappa shape index (κ2) is 9.78. The number of ether oxygens (including phenoxy) is 1. The molecule has 0 aliphatic rings. The van der Waals surface area contributed by atoms with E-state index in [0.717, 1.165) is 11.3 Å². The third kappa shape index (κ3) is 5.60. The van der Waals surface area contributed by atoms with Gasteiger partial charge in [-0.25, -0.2) is 4.79 Å². The van der Waals surface area contributed by atoms with Gasteiger partial charge in [-0.1, -0.05) is 48.5 Å². The van der Waals surface area contributed by atoms with Crippen molar-refractivity contribution in [2.45, 2.75) is 12.5 Å². The highest BCUT2D eigenvalue weighted by Gasteiger charge is 2.20. The van der Waals surface area contributed by atoms with Gasteiger partial charge in [0.15, 0.2) is 0 Å². The van der Waals surface area contributed by atoms with Gasteiger partial charge in [-0.3, -0.25) is 4.79 Å². The summed E-state index contributed by atoms with van der Waals surface area (Å²) in [5.41, 5.74) is 2.31. The van der Waals surface area contributed by atoms with E-state index < -0.39 is 12.0 Å². The molecule has 1 atom stereocenters. The van der Waals surface area contributed by atoms with Crippen LogP contribution >= 0.6 is 0 Å². The third-order valence-corrected chi connectivity index (χ3v) is 3.93. The van der Waals surface area contributed by atoms with E-state index in [2.05, 4.69) is 15.5 Å². The van der Waals surface area contributed by atoms with Gasteiger partial charge in [-0.15, -0.1) is 0 Å². The Kier molecular flexibility index (Phi) is 6.62. The molecule has 0 spiro atoms. The van der Waals surface area contributed by atoms with Gasteiger partial charge in [-0.05, 0) is 42.0 Å². The second-order valence-corrected chi connectivity index (χ2v) is 5.98. The van der Waals surface area contributed by atoms with Crippen LogP contribution in [-0.4, -0.2) is 18.4 Å². The topological polar surface area (TPSA) is 80.1 Å². The first-order chi connectivity index (χ1) is 13.7. The minimum Gasteiger partial charge on any atom is -0.425 e. The zero-order valence-corrected chi connectivity index (χ0v) is 15.1. The van der Waals surface area contributed by atoms with Crippen molar-refractivity contribution >= 4 is 23.8 Å². The smallest absolute Gasteiger partial charge is 0.334 e. The van der Waals surface area contributed by atoms with Gasteiger partial charge in [0.2, 0.25) is 6.41 Å². The first kappa shape index (κ1) is 19.0. The monoisotopic (exact) mass is 373 g/mol. The highest BCUT2D eigenvalue weighted by Crippen LogP contribution is 2.21. The van der Waals surface area contributed by atoms with Crippen LogP contribution < -0.4 is 10.1 Å². The fraction of sp³-hybridized carbons (Fsp3) is 0.0909. The van der Waals surface area contributed by atoms with E-state index in [1.807, 2.05) is 60.7 Å². The number of nitrogens with zero attached hydrogens (tertiary/aromatic N) is 2. The van der Waals surface area contributed by atoms with Crippen LogP contribution in [0.1, 0.15) is 5.56 Å². The molecule has 3 aromatic rings. The molecule has 0 aromatic heterocycles. The average molecular weight is 373 g/mol. The summed E-state index contributed by atoms with van der Waals surface area (Å²) in [5, 5.41) is 10.8. The summed E-state index contributed by atoms with van der Waals surface area (Å²) < 4.78 is 5.39. The van der Waals surface area contributed by atoms with Gasteiger partial charge in [0.1, 0.15) is 11.8 Å². The van der Waals surface area contributed by atoms with E-state index in [1.54, 1.807) is 24.3 Å². The van der Waals surface area contributed by atoms with Crippen LogP contribution in [0.15, 0.2) is 95.2 Å². The molecular weight excluding hydrogens is 354 g/mol. The van der Waals surface area contributed by atoms with Gasteiger partial charge in [-0.2, -0.15) is 10.2 Å². The largest absolute Gasteiger partial charge is 0.425 e. The molecule has 0 radical (unpaired) electrons. The summed E-state index contributed by atoms with van der Waals surface area (Å²) in [6.45, 7) is 0. The van der Waals surface area contributed by atoms with Crippen LogP contribution in [0.4, 0.5) is 11.4 Å². The van der Waals surface area contributed by atoms with Gasteiger partial charge in [0, 0.05) is 6.42 Å². The molecule has 1 unspecified atom stereocenters. The lowest BCUT2D eigenvalue weighted by atomic mass is 10.1. The number of benzene rings is 3. The summed E-state index contributed by atoms with van der Waals surface area (Å²) >= 11 is 0. The van der Waals surface area contributed by atoms with Gasteiger partial charge < -0.3 is 10.1 Å². The first-order valence-corrected chi connectivity index (χ1v) is 8.77. The van der Waals surface area contributed by atoms with E-state index in [1.165, 1.54) is 0 Å². The van der Waals surface area contributed by atoms with Crippen LogP contribution in [0.2, 0.25) is 0 Å². The van der Waals surface area contributed by atoms with E-state index in [0.29, 0.717) is 24.3 Å². The molecule has 1 N–H and O–H groups in total. The van der Waals surface area contributed by atoms with Crippen molar-refractivity contribution in [2.75, 3.05) is 0 Å². The Morgan fingerprint density at radius 3 is 2.04 bits per heavy atom. The molecule has 0 heterocycles. The lowest BCUT2D eigenvalue weighted by molar-refractivity contribution is -0.137. The number of azo groups is 1. The summed E-state index contributed by atoms with van der Waals surface area (Å²) in [4.78, 5) is 23.3. The fourth-order valence-corrected chi connectivity index (χ4v) is 2.52. The Morgan fingerprint density at radius 2 is 1.43 bits per heavy atom. The maximum absolute atomic E-state index is 12.4. The van der Waals surface area contributed by atoms with Crippen LogP contribution in [0, 0.1) is 0 Å². The Bertz CT molecular complexity index is 926. The Hall–Kier alpha value is -3.80. The molecular formula is C22H19N3O3. The van der Waals surface area contributed by atoms with Gasteiger partial charge in [0.25, 0.3) is 0 Å². The minimum absolute atomic E-state index is 0.349. The molecule has 3 rings (SSSR count). The summed E-state index contributed by atoms with van der Waals surface area (Å²) in [5.74, 6) is -0.163. The molecule has 28 heavy (non-hydrogen) atoms. The number of amides is 1. The van der Waals surface area contributed by atoms with Crippen molar-refractivity contribution < 1.29 is 14.3 Å². The number of rotatable bonds is 8. The average Bonchev–Trinajstić information content (AvgIpc) is 2.74. The molecule has 6 heteroatoms. The summed E-state index contributed by atoms with van der Waals surface area (Å²) in [6, 6.07) is 24.7. The number of carbonyl (C=O) groups excluding carboxylic acids is 2. The van der Waals surface area contributed by atoms with E-state index in [9.17, 15) is 9.59 Å². The number of nitrogens with one attached hydrogen (secondary N) is 1. The number of esters is 1. The van der Waals surface area contributed by atoms with Gasteiger partial charge >= 0.3 is 5.97 Å². The Balaban J connectivity index is 1.62. The molecule has 0 saturated heterocycles. The van der Waals surface area contributed by atoms with E-state index in [4.69, 9.17) is 4.74 Å². The SMILES string of the molecule is O=CNC(Cc1ccccc1)C(=O)Oc1ccc(N=Nc2ccccc2)cc1. The van der Waals surface area contributed by atoms with Crippen molar-refractivity contribution in [3.05, 3.63) is 90.5 Å². The predicted octanol–water partition coefficient (Wildman–Crippen LogP) is 4.36. The van der Waals surface area contributed by atoms with Crippen LogP contribution in [-0.2, 0) is 16.0 Å². The lowest BCUT2D eigenvalue weighted by Gasteiger charge is -2.15. The summed E-state index contributed by atoms with van der Waals surface area (Å²) in [7, 11) is 0. The number of hydrogen-bond acceptors (Lipinski definition) is 5. The normalized spacial score (nSPS) is 11.7. The summed E-state index contributed by atoms with van der Waals surface area (Å²) in [6.07, 6.45) is 0.851. The zero-order valence-electron chi connectivity index (χ0n) is 15.1. The number of hydrogen-bond donors (Lipinski definition) is 1. The maximum Gasteiger partial charge on any atom is 0.334 e. The van der Waals surface area contributed by atoms with Crippen molar-refractivity contribution in [1.82, 2.24) is 5.32 Å². The quantitative estimate of drug-likeness (QED) is 0.276. The highest BCUT2D eigenvalue weighted by molar-refractivity contribution is 5.80. The fourth-order valence-electron chi connectivity index (χ4n) is 2.52. The maximum atomic E-state index is 12.4. The molecule has 0 aliphatic heterocycles. The van der Waals surface area contributed by atoms with Crippen molar-refractivity contribution in [3.8, 4) is 5.75 Å². The van der Waals surface area contributed by atoms with E-state index in [-0.39, 0.29) is 0 Å². The minimum atomic E-state index is -0.766. The zero-order chi connectivity index (χ0) is 19.6. The molecule has 1 amide bonds. The first-order valence-electron chi connectivity index (χ1n) is 8.77. The molecule has 0 aliphatic carbocycles. The van der Waals surface area contributed by atoms with Gasteiger partial charge in [0.05, 0.1) is 11.4 Å². The van der Waals surface area contributed by atoms with E-state index >= 15 is 0 Å². The van der Waals surface area contributed by atoms with Crippen LogP contribution in [0.3, 0.4) is 0 Å². The molecule has 0 bridgehead atoms. The Morgan fingerprint density at radius 1 is 0.857 bits per heavy atom. The van der Waals surface area contributed by atoms with Crippen molar-refractivity contribution in [2.24, 2.45) is 10.2 Å².